The Morgan fingerprint density at radius 2 is 1.83 bits per heavy atom. The smallest absolute Gasteiger partial charge is 0.269 e. The predicted molar refractivity (Wildman–Crippen MR) is 120 cm³/mol. The van der Waals surface area contributed by atoms with Crippen molar-refractivity contribution in [2.45, 2.75) is 32.0 Å². The Labute approximate surface area is 177 Å². The third-order valence-corrected chi connectivity index (χ3v) is 5.16. The fraction of sp³-hybridized carbons (Fsp3) is 0.348. The van der Waals surface area contributed by atoms with E-state index < -0.39 is 4.92 Å². The van der Waals surface area contributed by atoms with E-state index in [9.17, 15) is 10.1 Å². The van der Waals surface area contributed by atoms with Gasteiger partial charge < -0.3 is 10.6 Å². The summed E-state index contributed by atoms with van der Waals surface area (Å²) < 4.78 is 0. The van der Waals surface area contributed by atoms with Gasteiger partial charge in [0.25, 0.3) is 5.69 Å². The van der Waals surface area contributed by atoms with Gasteiger partial charge in [-0.15, -0.1) is 6.58 Å². The Bertz CT molecular complexity index is 844. The monoisotopic (exact) mass is 407 g/mol. The molecule has 0 aliphatic carbocycles. The van der Waals surface area contributed by atoms with E-state index in [1.54, 1.807) is 18.2 Å². The number of nitro benzene ring substituents is 1. The summed E-state index contributed by atoms with van der Waals surface area (Å²) in [6, 6.07) is 17.4. The highest BCUT2D eigenvalue weighted by Gasteiger charge is 2.20. The summed E-state index contributed by atoms with van der Waals surface area (Å²) in [5, 5.41) is 17.6. The fourth-order valence-electron chi connectivity index (χ4n) is 3.49. The van der Waals surface area contributed by atoms with Crippen LogP contribution in [0.2, 0.25) is 0 Å². The summed E-state index contributed by atoms with van der Waals surface area (Å²) in [5.74, 6) is 0.745. The Hall–Kier alpha value is -3.19. The third kappa shape index (κ3) is 6.70. The molecule has 1 saturated heterocycles. The maximum atomic E-state index is 10.8. The van der Waals surface area contributed by atoms with E-state index in [0.29, 0.717) is 19.1 Å². The van der Waals surface area contributed by atoms with Crippen LogP contribution in [0, 0.1) is 10.1 Å². The van der Waals surface area contributed by atoms with Crippen molar-refractivity contribution in [1.29, 1.82) is 0 Å². The van der Waals surface area contributed by atoms with E-state index in [0.717, 1.165) is 44.0 Å². The van der Waals surface area contributed by atoms with E-state index in [4.69, 9.17) is 0 Å². The van der Waals surface area contributed by atoms with Crippen molar-refractivity contribution in [2.24, 2.45) is 4.99 Å². The standard InChI is InChI=1S/C23H29N5O2/c1-2-14-24-23(25-17-19-8-10-22(11-9-19)28(29)30)26-21-12-15-27(16-13-21)18-20-6-4-3-5-7-20/h2-11,21H,1,12-18H2,(H2,24,25,26). The average Bonchev–Trinajstić information content (AvgIpc) is 2.78. The van der Waals surface area contributed by atoms with Crippen LogP contribution in [0.4, 0.5) is 5.69 Å². The van der Waals surface area contributed by atoms with Gasteiger partial charge in [-0.2, -0.15) is 0 Å². The van der Waals surface area contributed by atoms with E-state index in [1.807, 2.05) is 6.07 Å². The van der Waals surface area contributed by atoms with E-state index >= 15 is 0 Å². The second-order valence-electron chi connectivity index (χ2n) is 7.44. The highest BCUT2D eigenvalue weighted by Crippen LogP contribution is 2.15. The fourth-order valence-corrected chi connectivity index (χ4v) is 3.49. The Morgan fingerprint density at radius 3 is 2.47 bits per heavy atom. The van der Waals surface area contributed by atoms with Gasteiger partial charge in [0.15, 0.2) is 5.96 Å². The molecule has 2 aromatic rings. The number of aliphatic imine (C=N–C) groups is 1. The number of piperidine rings is 1. The topological polar surface area (TPSA) is 82.8 Å². The SMILES string of the molecule is C=CCNC(=NCc1ccc([N+](=O)[O-])cc1)NC1CCN(Cc2ccccc2)CC1. The third-order valence-electron chi connectivity index (χ3n) is 5.16. The summed E-state index contributed by atoms with van der Waals surface area (Å²) in [6.07, 6.45) is 3.91. The van der Waals surface area contributed by atoms with Crippen LogP contribution in [0.5, 0.6) is 0 Å². The number of nitrogens with one attached hydrogen (secondary N) is 2. The first kappa shape index (κ1) is 21.5. The molecule has 7 nitrogen and oxygen atoms in total. The zero-order chi connectivity index (χ0) is 21.2. The molecule has 7 heteroatoms. The van der Waals surface area contributed by atoms with Crippen LogP contribution < -0.4 is 10.6 Å². The number of guanidine groups is 1. The number of hydrogen-bond acceptors (Lipinski definition) is 4. The second-order valence-corrected chi connectivity index (χ2v) is 7.44. The van der Waals surface area contributed by atoms with Crippen LogP contribution >= 0.6 is 0 Å². The lowest BCUT2D eigenvalue weighted by molar-refractivity contribution is -0.384. The predicted octanol–water partition coefficient (Wildman–Crippen LogP) is 3.48. The van der Waals surface area contributed by atoms with Gasteiger partial charge >= 0.3 is 0 Å². The Morgan fingerprint density at radius 1 is 1.13 bits per heavy atom. The molecule has 2 aromatic carbocycles. The maximum absolute atomic E-state index is 10.8. The summed E-state index contributed by atoms with van der Waals surface area (Å²) in [5.41, 5.74) is 2.37. The molecule has 0 spiro atoms. The molecular formula is C23H29N5O2. The number of non-ortho nitro benzene ring substituents is 1. The molecule has 0 amide bonds. The minimum Gasteiger partial charge on any atom is -0.354 e. The average molecular weight is 408 g/mol. The highest BCUT2D eigenvalue weighted by molar-refractivity contribution is 5.80. The van der Waals surface area contributed by atoms with Gasteiger partial charge in [0.1, 0.15) is 0 Å². The highest BCUT2D eigenvalue weighted by atomic mass is 16.6. The van der Waals surface area contributed by atoms with Gasteiger partial charge in [-0.1, -0.05) is 48.5 Å². The molecule has 0 radical (unpaired) electrons. The molecule has 0 unspecified atom stereocenters. The molecule has 1 aliphatic heterocycles. The summed E-state index contributed by atoms with van der Waals surface area (Å²) >= 11 is 0. The number of likely N-dealkylation sites (tertiary alicyclic amines) is 1. The molecule has 1 heterocycles. The molecule has 158 valence electrons. The van der Waals surface area contributed by atoms with Gasteiger partial charge in [0.05, 0.1) is 11.5 Å². The van der Waals surface area contributed by atoms with E-state index in [2.05, 4.69) is 51.4 Å². The molecule has 1 fully saturated rings. The molecule has 2 N–H and O–H groups in total. The minimum absolute atomic E-state index is 0.0909. The molecule has 0 bridgehead atoms. The van der Waals surface area contributed by atoms with E-state index in [1.165, 1.54) is 17.7 Å². The number of rotatable bonds is 8. The zero-order valence-corrected chi connectivity index (χ0v) is 17.2. The molecule has 3 rings (SSSR count). The van der Waals surface area contributed by atoms with Gasteiger partial charge in [-0.25, -0.2) is 4.99 Å². The normalized spacial score (nSPS) is 15.5. The molecule has 0 atom stereocenters. The lowest BCUT2D eigenvalue weighted by Gasteiger charge is -2.33. The van der Waals surface area contributed by atoms with Gasteiger partial charge in [0.2, 0.25) is 0 Å². The number of nitrogens with zero attached hydrogens (tertiary/aromatic N) is 3. The van der Waals surface area contributed by atoms with Gasteiger partial charge in [-0.05, 0) is 24.0 Å². The van der Waals surface area contributed by atoms with Crippen LogP contribution in [0.3, 0.4) is 0 Å². The van der Waals surface area contributed by atoms with Crippen molar-refractivity contribution >= 4 is 11.6 Å². The van der Waals surface area contributed by atoms with Crippen molar-refractivity contribution in [2.75, 3.05) is 19.6 Å². The van der Waals surface area contributed by atoms with Crippen molar-refractivity contribution in [3.05, 3.63) is 88.5 Å². The summed E-state index contributed by atoms with van der Waals surface area (Å²) in [6.45, 7) is 7.92. The molecule has 1 aliphatic rings. The number of nitro groups is 1. The molecular weight excluding hydrogens is 378 g/mol. The molecule has 0 aromatic heterocycles. The van der Waals surface area contributed by atoms with Crippen LogP contribution in [0.1, 0.15) is 24.0 Å². The van der Waals surface area contributed by atoms with Crippen LogP contribution in [-0.4, -0.2) is 41.5 Å². The van der Waals surface area contributed by atoms with E-state index in [-0.39, 0.29) is 5.69 Å². The summed E-state index contributed by atoms with van der Waals surface area (Å²) in [4.78, 5) is 17.5. The Kier molecular flexibility index (Phi) is 7.97. The lowest BCUT2D eigenvalue weighted by Crippen LogP contribution is -2.48. The minimum atomic E-state index is -0.393. The van der Waals surface area contributed by atoms with Crippen molar-refractivity contribution in [3.8, 4) is 0 Å². The maximum Gasteiger partial charge on any atom is 0.269 e. The van der Waals surface area contributed by atoms with Crippen molar-refractivity contribution < 1.29 is 4.92 Å². The molecule has 30 heavy (non-hydrogen) atoms. The first-order chi connectivity index (χ1) is 14.6. The second kappa shape index (κ2) is 11.1. The van der Waals surface area contributed by atoms with Crippen molar-refractivity contribution in [3.63, 3.8) is 0 Å². The van der Waals surface area contributed by atoms with Crippen molar-refractivity contribution in [1.82, 2.24) is 15.5 Å². The van der Waals surface area contributed by atoms with Crippen LogP contribution in [0.15, 0.2) is 72.2 Å². The summed E-state index contributed by atoms with van der Waals surface area (Å²) in [7, 11) is 0. The van der Waals surface area contributed by atoms with Gasteiger partial charge in [-0.3, -0.25) is 15.0 Å². The first-order valence-electron chi connectivity index (χ1n) is 10.3. The number of benzene rings is 2. The van der Waals surface area contributed by atoms with Crippen LogP contribution in [0.25, 0.3) is 0 Å². The van der Waals surface area contributed by atoms with Crippen LogP contribution in [-0.2, 0) is 13.1 Å². The zero-order valence-electron chi connectivity index (χ0n) is 17.2. The first-order valence-corrected chi connectivity index (χ1v) is 10.3. The lowest BCUT2D eigenvalue weighted by atomic mass is 10.0. The largest absolute Gasteiger partial charge is 0.354 e. The quantitative estimate of drug-likeness (QED) is 0.230. The number of hydrogen-bond donors (Lipinski definition) is 2. The molecule has 0 saturated carbocycles. The Balaban J connectivity index is 1.52. The van der Waals surface area contributed by atoms with Gasteiger partial charge in [0, 0.05) is 44.4 Å².